The van der Waals surface area contributed by atoms with E-state index >= 15 is 0 Å². The summed E-state index contributed by atoms with van der Waals surface area (Å²) in [4.78, 5) is 22.5. The predicted molar refractivity (Wildman–Crippen MR) is 63.9 cm³/mol. The van der Waals surface area contributed by atoms with Crippen LogP contribution in [-0.4, -0.2) is 38.9 Å². The Morgan fingerprint density at radius 3 is 2.35 bits per heavy atom. The summed E-state index contributed by atoms with van der Waals surface area (Å²) in [6.07, 6.45) is 1.64. The number of methoxy groups -OCH3 is 1. The first-order chi connectivity index (χ1) is 7.86. The number of hydrogen-bond donors (Lipinski definition) is 1. The zero-order chi connectivity index (χ0) is 13.5. The number of nitrogens with one attached hydrogen (secondary N) is 1. The molecule has 0 aromatic carbocycles. The second-order valence-electron chi connectivity index (χ2n) is 3.39. The second kappa shape index (κ2) is 7.25. The van der Waals surface area contributed by atoms with Crippen LogP contribution < -0.4 is 5.32 Å². The summed E-state index contributed by atoms with van der Waals surface area (Å²) in [7, 11) is -0.230. The van der Waals surface area contributed by atoms with Crippen LogP contribution in [0.2, 0.25) is 0 Å². The van der Waals surface area contributed by atoms with Crippen molar-refractivity contribution >= 4 is 19.2 Å². The van der Waals surface area contributed by atoms with Gasteiger partial charge in [0.15, 0.2) is 0 Å². The summed E-state index contributed by atoms with van der Waals surface area (Å²) in [5, 5.41) is 2.39. The highest BCUT2D eigenvalue weighted by atomic mass is 31.2. The van der Waals surface area contributed by atoms with Gasteiger partial charge < -0.3 is 14.6 Å². The molecule has 98 valence electrons. The largest absolute Gasteiger partial charge is 0.464 e. The molecule has 0 aromatic heterocycles. The summed E-state index contributed by atoms with van der Waals surface area (Å²) in [6.45, 7) is 3.10. The van der Waals surface area contributed by atoms with Crippen molar-refractivity contribution in [3.8, 4) is 0 Å². The highest BCUT2D eigenvalue weighted by Crippen LogP contribution is 2.41. The van der Waals surface area contributed by atoms with E-state index in [1.165, 1.54) is 27.0 Å². The first-order valence-corrected chi connectivity index (χ1v) is 7.32. The molecule has 0 heterocycles. The van der Waals surface area contributed by atoms with E-state index in [2.05, 4.69) is 10.1 Å². The normalized spacial score (nSPS) is 14.9. The van der Waals surface area contributed by atoms with Gasteiger partial charge in [0.25, 0.3) is 0 Å². The van der Waals surface area contributed by atoms with Gasteiger partial charge in [-0.25, -0.2) is 4.79 Å². The molecular formula is C10H18NO5P. The number of carbonyl (C=O) groups excluding carboxylic acids is 2. The predicted octanol–water partition coefficient (Wildman–Crippen LogP) is 1.12. The Bertz CT molecular complexity index is 364. The Kier molecular flexibility index (Phi) is 6.76. The van der Waals surface area contributed by atoms with Crippen molar-refractivity contribution in [1.29, 1.82) is 0 Å². The molecule has 0 saturated carbocycles. The van der Waals surface area contributed by atoms with Crippen LogP contribution in [0.15, 0.2) is 11.8 Å². The first kappa shape index (κ1) is 15.9. The van der Waals surface area contributed by atoms with Gasteiger partial charge in [-0.1, -0.05) is 6.92 Å². The maximum atomic E-state index is 11.6. The number of rotatable bonds is 6. The fourth-order valence-corrected chi connectivity index (χ4v) is 1.53. The lowest BCUT2D eigenvalue weighted by Crippen LogP contribution is -2.27. The molecule has 17 heavy (non-hydrogen) atoms. The molecule has 1 N–H and O–H groups in total. The molecular weight excluding hydrogens is 245 g/mol. The molecule has 6 nitrogen and oxygen atoms in total. The molecule has 7 heteroatoms. The summed E-state index contributed by atoms with van der Waals surface area (Å²) < 4.78 is 20.9. The Balaban J connectivity index is 4.80. The van der Waals surface area contributed by atoms with E-state index in [1.807, 2.05) is 0 Å². The van der Waals surface area contributed by atoms with E-state index in [0.717, 1.165) is 0 Å². The van der Waals surface area contributed by atoms with Gasteiger partial charge in [-0.15, -0.1) is 0 Å². The smallest absolute Gasteiger partial charge is 0.354 e. The summed E-state index contributed by atoms with van der Waals surface area (Å²) >= 11 is 0. The monoisotopic (exact) mass is 263 g/mol. The summed E-state index contributed by atoms with van der Waals surface area (Å²) in [6, 6.07) is 0. The average molecular weight is 263 g/mol. The Labute approximate surface area is 101 Å². The third kappa shape index (κ3) is 6.24. The molecule has 0 saturated heterocycles. The van der Waals surface area contributed by atoms with Crippen molar-refractivity contribution in [1.82, 2.24) is 5.32 Å². The third-order valence-corrected chi connectivity index (χ3v) is 3.63. The van der Waals surface area contributed by atoms with E-state index < -0.39 is 13.3 Å². The van der Waals surface area contributed by atoms with Crippen LogP contribution in [0, 0.1) is 0 Å². The molecule has 0 aliphatic carbocycles. The van der Waals surface area contributed by atoms with Crippen molar-refractivity contribution in [2.24, 2.45) is 0 Å². The summed E-state index contributed by atoms with van der Waals surface area (Å²) in [5.74, 6) is -0.993. The minimum absolute atomic E-state index is 0.0153. The van der Waals surface area contributed by atoms with Crippen molar-refractivity contribution < 1.29 is 23.4 Å². The minimum Gasteiger partial charge on any atom is -0.464 e. The maximum Gasteiger partial charge on any atom is 0.354 e. The molecule has 0 aromatic rings. The number of esters is 1. The van der Waals surface area contributed by atoms with E-state index in [1.54, 1.807) is 6.92 Å². The lowest BCUT2D eigenvalue weighted by molar-refractivity contribution is -0.137. The summed E-state index contributed by atoms with van der Waals surface area (Å²) in [5.41, 5.74) is -0.0153. The van der Waals surface area contributed by atoms with Crippen LogP contribution in [0.3, 0.4) is 0 Å². The maximum absolute atomic E-state index is 11.6. The highest BCUT2D eigenvalue weighted by molar-refractivity contribution is 7.58. The van der Waals surface area contributed by atoms with E-state index in [4.69, 9.17) is 4.52 Å². The van der Waals surface area contributed by atoms with Crippen LogP contribution in [0.4, 0.5) is 0 Å². The standard InChI is InChI=1S/C10H18NO5P/c1-5-9(12)11-8(10(13)15-2)6-7-17(4,14)16-3/h6H,5,7H2,1-4H3,(H,11,12). The Morgan fingerprint density at radius 2 is 1.94 bits per heavy atom. The quantitative estimate of drug-likeness (QED) is 0.441. The molecule has 0 fully saturated rings. The van der Waals surface area contributed by atoms with Gasteiger partial charge in [0.2, 0.25) is 13.3 Å². The zero-order valence-electron chi connectivity index (χ0n) is 10.5. The third-order valence-electron chi connectivity index (χ3n) is 2.01. The van der Waals surface area contributed by atoms with Gasteiger partial charge >= 0.3 is 5.97 Å². The fraction of sp³-hybridized carbons (Fsp3) is 0.600. The van der Waals surface area contributed by atoms with Crippen LogP contribution in [0.5, 0.6) is 0 Å². The number of ether oxygens (including phenoxy) is 1. The van der Waals surface area contributed by atoms with Crippen molar-refractivity contribution in [2.45, 2.75) is 13.3 Å². The molecule has 0 rings (SSSR count). The molecule has 1 unspecified atom stereocenters. The first-order valence-electron chi connectivity index (χ1n) is 5.07. The minimum atomic E-state index is -2.76. The SMILES string of the molecule is CCC(=O)NC(=CCP(C)(=O)OC)C(=O)OC. The Hall–Kier alpha value is -1.13. The van der Waals surface area contributed by atoms with Crippen LogP contribution in [0.25, 0.3) is 0 Å². The second-order valence-corrected chi connectivity index (χ2v) is 6.15. The topological polar surface area (TPSA) is 81.7 Å². The molecule has 0 bridgehead atoms. The van der Waals surface area contributed by atoms with E-state index in [-0.39, 0.29) is 24.2 Å². The van der Waals surface area contributed by atoms with Gasteiger partial charge in [-0.3, -0.25) is 9.36 Å². The molecule has 0 aliphatic rings. The van der Waals surface area contributed by atoms with Gasteiger partial charge in [0.1, 0.15) is 5.70 Å². The molecule has 0 spiro atoms. The lowest BCUT2D eigenvalue weighted by atomic mass is 10.3. The molecule has 0 aliphatic heterocycles. The van der Waals surface area contributed by atoms with Gasteiger partial charge in [-0.05, 0) is 6.08 Å². The molecule has 1 amide bonds. The van der Waals surface area contributed by atoms with Crippen molar-refractivity contribution in [2.75, 3.05) is 27.0 Å². The van der Waals surface area contributed by atoms with E-state index in [0.29, 0.717) is 0 Å². The Morgan fingerprint density at radius 1 is 1.35 bits per heavy atom. The van der Waals surface area contributed by atoms with Crippen LogP contribution >= 0.6 is 7.37 Å². The van der Waals surface area contributed by atoms with Gasteiger partial charge in [0.05, 0.1) is 7.11 Å². The van der Waals surface area contributed by atoms with Crippen molar-refractivity contribution in [3.05, 3.63) is 11.8 Å². The number of carbonyl (C=O) groups is 2. The van der Waals surface area contributed by atoms with Gasteiger partial charge in [-0.2, -0.15) is 0 Å². The number of allylic oxidation sites excluding steroid dienone is 1. The zero-order valence-corrected chi connectivity index (χ0v) is 11.4. The lowest BCUT2D eigenvalue weighted by Gasteiger charge is -2.10. The number of amides is 1. The highest BCUT2D eigenvalue weighted by Gasteiger charge is 2.16. The van der Waals surface area contributed by atoms with Crippen LogP contribution in [0.1, 0.15) is 13.3 Å². The average Bonchev–Trinajstić information content (AvgIpc) is 2.33. The fourth-order valence-electron chi connectivity index (χ4n) is 0.866. The number of hydrogen-bond acceptors (Lipinski definition) is 5. The van der Waals surface area contributed by atoms with E-state index in [9.17, 15) is 14.2 Å². The molecule has 0 radical (unpaired) electrons. The molecule has 1 atom stereocenters. The van der Waals surface area contributed by atoms with Crippen LogP contribution in [-0.2, 0) is 23.4 Å². The van der Waals surface area contributed by atoms with Gasteiger partial charge in [0, 0.05) is 26.4 Å². The van der Waals surface area contributed by atoms with Crippen molar-refractivity contribution in [3.63, 3.8) is 0 Å².